The van der Waals surface area contributed by atoms with Crippen molar-refractivity contribution in [3.63, 3.8) is 0 Å². The molecule has 2 amide bonds. The van der Waals surface area contributed by atoms with E-state index < -0.39 is 0 Å². The standard InChI is InChI=1S/C16H14BrN3O3S2/c17-10-4-13(24-8-10)16-20-11(9-25-16)5-14(21)19-7-15(22)18-6-12-2-1-3-23-12/h1-4,8-9H,5-7H2,(H,18,22)(H,19,21). The molecule has 3 heterocycles. The lowest BCUT2D eigenvalue weighted by Crippen LogP contribution is -2.37. The molecule has 0 radical (unpaired) electrons. The summed E-state index contributed by atoms with van der Waals surface area (Å²) in [6.45, 7) is 0.224. The van der Waals surface area contributed by atoms with Crippen molar-refractivity contribution in [3.8, 4) is 9.88 Å². The fourth-order valence-electron chi connectivity index (χ4n) is 1.99. The first-order valence-electron chi connectivity index (χ1n) is 7.35. The molecule has 2 N–H and O–H groups in total. The predicted octanol–water partition coefficient (Wildman–Crippen LogP) is 3.20. The molecule has 0 bridgehead atoms. The van der Waals surface area contributed by atoms with Gasteiger partial charge in [0.05, 0.1) is 36.3 Å². The van der Waals surface area contributed by atoms with E-state index in [2.05, 4.69) is 31.5 Å². The third kappa shape index (κ3) is 5.25. The van der Waals surface area contributed by atoms with Crippen molar-refractivity contribution in [2.75, 3.05) is 6.54 Å². The molecule has 3 aromatic rings. The van der Waals surface area contributed by atoms with Crippen LogP contribution in [0, 0.1) is 0 Å². The monoisotopic (exact) mass is 439 g/mol. The topological polar surface area (TPSA) is 84.2 Å². The highest BCUT2D eigenvalue weighted by Gasteiger charge is 2.11. The molecule has 0 fully saturated rings. The summed E-state index contributed by atoms with van der Waals surface area (Å²) in [5.74, 6) is 0.152. The zero-order valence-corrected chi connectivity index (χ0v) is 16.2. The second-order valence-electron chi connectivity index (χ2n) is 5.08. The first-order chi connectivity index (χ1) is 12.1. The van der Waals surface area contributed by atoms with E-state index in [-0.39, 0.29) is 24.8 Å². The molecule has 25 heavy (non-hydrogen) atoms. The van der Waals surface area contributed by atoms with Gasteiger partial charge in [-0.25, -0.2) is 4.98 Å². The van der Waals surface area contributed by atoms with Crippen molar-refractivity contribution >= 4 is 50.4 Å². The van der Waals surface area contributed by atoms with Gasteiger partial charge in [-0.15, -0.1) is 22.7 Å². The van der Waals surface area contributed by atoms with Crippen LogP contribution in [0.15, 0.2) is 44.1 Å². The molecule has 9 heteroatoms. The Balaban J connectivity index is 1.43. The first-order valence-corrected chi connectivity index (χ1v) is 9.90. The van der Waals surface area contributed by atoms with Gasteiger partial charge >= 0.3 is 0 Å². The summed E-state index contributed by atoms with van der Waals surface area (Å²) < 4.78 is 6.13. The third-order valence-corrected chi connectivity index (χ3v) is 5.91. The van der Waals surface area contributed by atoms with Crippen LogP contribution in [0.2, 0.25) is 0 Å². The summed E-state index contributed by atoms with van der Waals surface area (Å²) in [6.07, 6.45) is 1.69. The van der Waals surface area contributed by atoms with Gasteiger partial charge in [0.1, 0.15) is 10.8 Å². The van der Waals surface area contributed by atoms with E-state index in [1.807, 2.05) is 16.8 Å². The lowest BCUT2D eigenvalue weighted by Gasteiger charge is -2.05. The highest BCUT2D eigenvalue weighted by Crippen LogP contribution is 2.31. The quantitative estimate of drug-likeness (QED) is 0.591. The average Bonchev–Trinajstić information content (AvgIpc) is 3.32. The van der Waals surface area contributed by atoms with Crippen LogP contribution >= 0.6 is 38.6 Å². The third-order valence-electron chi connectivity index (χ3n) is 3.16. The minimum atomic E-state index is -0.271. The van der Waals surface area contributed by atoms with E-state index >= 15 is 0 Å². The van der Waals surface area contributed by atoms with Gasteiger partial charge in [0, 0.05) is 15.2 Å². The number of amides is 2. The van der Waals surface area contributed by atoms with Crippen molar-refractivity contribution in [2.24, 2.45) is 0 Å². The Morgan fingerprint density at radius 1 is 1.20 bits per heavy atom. The van der Waals surface area contributed by atoms with Crippen LogP contribution in [-0.2, 0) is 22.6 Å². The summed E-state index contributed by atoms with van der Waals surface area (Å²) in [4.78, 5) is 29.2. The molecule has 0 aliphatic carbocycles. The minimum Gasteiger partial charge on any atom is -0.467 e. The van der Waals surface area contributed by atoms with E-state index in [1.165, 1.54) is 11.3 Å². The molecule has 0 saturated carbocycles. The number of carbonyl (C=O) groups excluding carboxylic acids is 2. The molecular formula is C16H14BrN3O3S2. The van der Waals surface area contributed by atoms with Crippen molar-refractivity contribution in [1.29, 1.82) is 0 Å². The van der Waals surface area contributed by atoms with Gasteiger partial charge < -0.3 is 15.1 Å². The molecule has 0 aliphatic rings. The van der Waals surface area contributed by atoms with Gasteiger partial charge in [-0.1, -0.05) is 0 Å². The first kappa shape index (κ1) is 17.8. The Hall–Kier alpha value is -1.97. The number of rotatable bonds is 7. The summed E-state index contributed by atoms with van der Waals surface area (Å²) in [7, 11) is 0. The molecule has 0 atom stereocenters. The number of thiazole rings is 1. The molecule has 0 aromatic carbocycles. The van der Waals surface area contributed by atoms with Gasteiger partial charge in [-0.2, -0.15) is 0 Å². The number of hydrogen-bond acceptors (Lipinski definition) is 6. The smallest absolute Gasteiger partial charge is 0.239 e. The number of carbonyl (C=O) groups is 2. The van der Waals surface area contributed by atoms with Crippen molar-refractivity contribution in [3.05, 3.63) is 51.1 Å². The summed E-state index contributed by atoms with van der Waals surface area (Å²) >= 11 is 6.51. The van der Waals surface area contributed by atoms with Gasteiger partial charge in [0.25, 0.3) is 0 Å². The van der Waals surface area contributed by atoms with Crippen LogP contribution in [0.1, 0.15) is 11.5 Å². The van der Waals surface area contributed by atoms with Crippen LogP contribution in [0.4, 0.5) is 0 Å². The second-order valence-corrected chi connectivity index (χ2v) is 7.77. The molecule has 6 nitrogen and oxygen atoms in total. The zero-order valence-electron chi connectivity index (χ0n) is 13.0. The maximum Gasteiger partial charge on any atom is 0.239 e. The highest BCUT2D eigenvalue weighted by atomic mass is 79.9. The molecule has 0 saturated heterocycles. The number of nitrogens with one attached hydrogen (secondary N) is 2. The Bertz CT molecular complexity index is 858. The fraction of sp³-hybridized carbons (Fsp3) is 0.188. The van der Waals surface area contributed by atoms with Gasteiger partial charge in [0.2, 0.25) is 11.8 Å². The van der Waals surface area contributed by atoms with Gasteiger partial charge in [-0.05, 0) is 34.1 Å². The van der Waals surface area contributed by atoms with Crippen molar-refractivity contribution in [2.45, 2.75) is 13.0 Å². The van der Waals surface area contributed by atoms with E-state index in [4.69, 9.17) is 4.42 Å². The molecule has 0 aliphatic heterocycles. The molecular weight excluding hydrogens is 426 g/mol. The minimum absolute atomic E-state index is 0.0750. The maximum atomic E-state index is 11.9. The van der Waals surface area contributed by atoms with Crippen LogP contribution in [0.25, 0.3) is 9.88 Å². The van der Waals surface area contributed by atoms with E-state index in [0.29, 0.717) is 18.0 Å². The Morgan fingerprint density at radius 2 is 2.08 bits per heavy atom. The molecule has 130 valence electrons. The van der Waals surface area contributed by atoms with Crippen LogP contribution in [-0.4, -0.2) is 23.3 Å². The summed E-state index contributed by atoms with van der Waals surface area (Å²) in [5, 5.41) is 10.00. The Morgan fingerprint density at radius 3 is 2.80 bits per heavy atom. The van der Waals surface area contributed by atoms with E-state index in [0.717, 1.165) is 14.4 Å². The number of thiophene rings is 1. The van der Waals surface area contributed by atoms with Crippen LogP contribution in [0.3, 0.4) is 0 Å². The number of furan rings is 1. The molecule has 3 rings (SSSR count). The predicted molar refractivity (Wildman–Crippen MR) is 100 cm³/mol. The van der Waals surface area contributed by atoms with Crippen LogP contribution < -0.4 is 10.6 Å². The fourth-order valence-corrected chi connectivity index (χ4v) is 4.32. The average molecular weight is 440 g/mol. The van der Waals surface area contributed by atoms with E-state index in [1.54, 1.807) is 29.7 Å². The second kappa shape index (κ2) is 8.41. The summed E-state index contributed by atoms with van der Waals surface area (Å²) in [5.41, 5.74) is 0.693. The number of hydrogen-bond donors (Lipinski definition) is 2. The SMILES string of the molecule is O=C(CNC(=O)Cc1csc(-c2cc(Br)cs2)n1)NCc1ccco1. The van der Waals surface area contributed by atoms with Gasteiger partial charge in [-0.3, -0.25) is 9.59 Å². The highest BCUT2D eigenvalue weighted by molar-refractivity contribution is 9.10. The maximum absolute atomic E-state index is 11.9. The van der Waals surface area contributed by atoms with Crippen molar-refractivity contribution in [1.82, 2.24) is 15.6 Å². The number of nitrogens with zero attached hydrogens (tertiary/aromatic N) is 1. The Kier molecular flexibility index (Phi) is 6.00. The zero-order chi connectivity index (χ0) is 17.6. The number of halogens is 1. The van der Waals surface area contributed by atoms with Gasteiger partial charge in [0.15, 0.2) is 0 Å². The number of aromatic nitrogens is 1. The Labute approximate surface area is 160 Å². The van der Waals surface area contributed by atoms with Crippen LogP contribution in [0.5, 0.6) is 0 Å². The largest absolute Gasteiger partial charge is 0.467 e. The lowest BCUT2D eigenvalue weighted by molar-refractivity contribution is -0.125. The lowest BCUT2D eigenvalue weighted by atomic mass is 10.3. The van der Waals surface area contributed by atoms with Crippen molar-refractivity contribution < 1.29 is 14.0 Å². The molecule has 3 aromatic heterocycles. The molecule has 0 unspecified atom stereocenters. The van der Waals surface area contributed by atoms with E-state index in [9.17, 15) is 9.59 Å². The summed E-state index contributed by atoms with van der Waals surface area (Å²) in [6, 6.07) is 5.52. The molecule has 0 spiro atoms. The normalized spacial score (nSPS) is 10.6.